The molecule has 0 radical (unpaired) electrons. The van der Waals surface area contributed by atoms with Gasteiger partial charge in [-0.15, -0.1) is 0 Å². The zero-order valence-corrected chi connectivity index (χ0v) is 12.3. The molecule has 0 saturated heterocycles. The van der Waals surface area contributed by atoms with E-state index < -0.39 is 0 Å². The number of rotatable bonds is 5. The van der Waals surface area contributed by atoms with Crippen molar-refractivity contribution in [2.75, 3.05) is 0 Å². The van der Waals surface area contributed by atoms with Crippen molar-refractivity contribution < 1.29 is 9.90 Å². The van der Waals surface area contributed by atoms with E-state index in [2.05, 4.69) is 21.6 Å². The van der Waals surface area contributed by atoms with Crippen LogP contribution >= 0.6 is 0 Å². The highest BCUT2D eigenvalue weighted by molar-refractivity contribution is 5.79. The van der Waals surface area contributed by atoms with Crippen LogP contribution in [-0.4, -0.2) is 35.5 Å². The fourth-order valence-electron chi connectivity index (χ4n) is 2.23. The van der Waals surface area contributed by atoms with Gasteiger partial charge in [-0.1, -0.05) is 36.9 Å². The average molecular weight is 309 g/mol. The number of hydrogen-bond donors (Lipinski definition) is 1. The van der Waals surface area contributed by atoms with E-state index in [0.717, 1.165) is 5.56 Å². The summed E-state index contributed by atoms with van der Waals surface area (Å²) < 4.78 is 1.20. The molecular weight excluding hydrogens is 294 g/mol. The fraction of sp³-hybridized carbons (Fsp3) is 0.125. The number of aromatic nitrogens is 4. The van der Waals surface area contributed by atoms with Gasteiger partial charge in [0.05, 0.1) is 18.7 Å². The van der Waals surface area contributed by atoms with Crippen molar-refractivity contribution >= 4 is 11.7 Å². The standard InChI is InChI=1S/C16H15N5O2/c1-2-20(10-12-6-4-3-5-7-12)14(22)8-13-9-15(23)21-16(19-13)17-11-18-21/h2-7,9,11,23H,1,8,10H2. The summed E-state index contributed by atoms with van der Waals surface area (Å²) in [5.74, 6) is -0.0239. The van der Waals surface area contributed by atoms with Crippen molar-refractivity contribution in [2.24, 2.45) is 0 Å². The van der Waals surface area contributed by atoms with Crippen LogP contribution < -0.4 is 0 Å². The molecule has 116 valence electrons. The van der Waals surface area contributed by atoms with Gasteiger partial charge in [0.2, 0.25) is 11.8 Å². The highest BCUT2D eigenvalue weighted by atomic mass is 16.3. The molecule has 2 heterocycles. The highest BCUT2D eigenvalue weighted by Crippen LogP contribution is 2.13. The summed E-state index contributed by atoms with van der Waals surface area (Å²) >= 11 is 0. The van der Waals surface area contributed by atoms with Crippen molar-refractivity contribution in [1.82, 2.24) is 24.5 Å². The molecule has 1 amide bonds. The number of hydrogen-bond acceptors (Lipinski definition) is 5. The fourth-order valence-corrected chi connectivity index (χ4v) is 2.23. The Morgan fingerprint density at radius 3 is 2.87 bits per heavy atom. The minimum Gasteiger partial charge on any atom is -0.493 e. The van der Waals surface area contributed by atoms with Gasteiger partial charge in [-0.05, 0) is 11.8 Å². The van der Waals surface area contributed by atoms with Crippen molar-refractivity contribution in [3.8, 4) is 5.88 Å². The minimum absolute atomic E-state index is 0.0375. The summed E-state index contributed by atoms with van der Waals surface area (Å²) in [6, 6.07) is 11.0. The molecule has 0 unspecified atom stereocenters. The zero-order valence-electron chi connectivity index (χ0n) is 12.3. The molecule has 0 spiro atoms. The molecule has 7 heteroatoms. The molecule has 3 rings (SSSR count). The molecule has 1 N–H and O–H groups in total. The number of amides is 1. The third-order valence-electron chi connectivity index (χ3n) is 3.35. The Balaban J connectivity index is 1.76. The van der Waals surface area contributed by atoms with Crippen LogP contribution in [0.2, 0.25) is 0 Å². The maximum atomic E-state index is 12.4. The van der Waals surface area contributed by atoms with Gasteiger partial charge in [-0.25, -0.2) is 4.98 Å². The maximum Gasteiger partial charge on any atom is 0.255 e. The molecular formula is C16H15N5O2. The number of carbonyl (C=O) groups excluding carboxylic acids is 1. The third-order valence-corrected chi connectivity index (χ3v) is 3.35. The van der Waals surface area contributed by atoms with E-state index in [9.17, 15) is 9.90 Å². The summed E-state index contributed by atoms with van der Waals surface area (Å²) in [7, 11) is 0. The quantitative estimate of drug-likeness (QED) is 0.773. The number of nitrogens with zero attached hydrogens (tertiary/aromatic N) is 5. The number of carbonyl (C=O) groups is 1. The van der Waals surface area contributed by atoms with Gasteiger partial charge >= 0.3 is 0 Å². The van der Waals surface area contributed by atoms with Gasteiger partial charge in [-0.3, -0.25) is 4.79 Å². The largest absolute Gasteiger partial charge is 0.493 e. The van der Waals surface area contributed by atoms with Crippen molar-refractivity contribution in [2.45, 2.75) is 13.0 Å². The van der Waals surface area contributed by atoms with E-state index in [1.54, 1.807) is 0 Å². The molecule has 1 aromatic carbocycles. The first-order chi connectivity index (χ1) is 11.2. The summed E-state index contributed by atoms with van der Waals surface area (Å²) in [6.45, 7) is 4.12. The van der Waals surface area contributed by atoms with E-state index in [0.29, 0.717) is 12.2 Å². The monoisotopic (exact) mass is 309 g/mol. The molecule has 0 fully saturated rings. The number of fused-ring (bicyclic) bond motifs is 1. The zero-order chi connectivity index (χ0) is 16.2. The molecule has 0 atom stereocenters. The molecule has 0 aliphatic carbocycles. The summed E-state index contributed by atoms with van der Waals surface area (Å²) in [6.07, 6.45) is 2.82. The van der Waals surface area contributed by atoms with E-state index >= 15 is 0 Å². The van der Waals surface area contributed by atoms with Crippen LogP contribution in [0, 0.1) is 0 Å². The molecule has 0 aliphatic heterocycles. The van der Waals surface area contributed by atoms with E-state index in [1.807, 2.05) is 30.3 Å². The summed E-state index contributed by atoms with van der Waals surface area (Å²) in [5, 5.41) is 13.7. The molecule has 0 aliphatic rings. The van der Waals surface area contributed by atoms with Gasteiger partial charge in [0.15, 0.2) is 0 Å². The molecule has 2 aromatic heterocycles. The van der Waals surface area contributed by atoms with Gasteiger partial charge in [0.25, 0.3) is 5.78 Å². The smallest absolute Gasteiger partial charge is 0.255 e. The maximum absolute atomic E-state index is 12.4. The Bertz CT molecular complexity index is 844. The van der Waals surface area contributed by atoms with Crippen LogP contribution in [0.1, 0.15) is 11.3 Å². The van der Waals surface area contributed by atoms with E-state index in [4.69, 9.17) is 0 Å². The van der Waals surface area contributed by atoms with Gasteiger partial charge in [0, 0.05) is 6.07 Å². The first-order valence-corrected chi connectivity index (χ1v) is 7.02. The number of aromatic hydroxyl groups is 1. The molecule has 23 heavy (non-hydrogen) atoms. The summed E-state index contributed by atoms with van der Waals surface area (Å²) in [4.78, 5) is 22.1. The molecule has 0 saturated carbocycles. The molecule has 7 nitrogen and oxygen atoms in total. The average Bonchev–Trinajstić information content (AvgIpc) is 3.02. The lowest BCUT2D eigenvalue weighted by Gasteiger charge is -2.18. The van der Waals surface area contributed by atoms with Crippen LogP contribution in [0.4, 0.5) is 0 Å². The van der Waals surface area contributed by atoms with Gasteiger partial charge in [-0.2, -0.15) is 14.6 Å². The molecule has 0 bridgehead atoms. The normalized spacial score (nSPS) is 10.6. The number of benzene rings is 1. The third kappa shape index (κ3) is 3.18. The van der Waals surface area contributed by atoms with E-state index in [-0.39, 0.29) is 24.0 Å². The van der Waals surface area contributed by atoms with Crippen molar-refractivity contribution in [1.29, 1.82) is 0 Å². The van der Waals surface area contributed by atoms with Crippen LogP contribution in [0.3, 0.4) is 0 Å². The predicted molar refractivity (Wildman–Crippen MR) is 83.3 cm³/mol. The molecule has 3 aromatic rings. The predicted octanol–water partition coefficient (Wildman–Crippen LogP) is 1.54. The van der Waals surface area contributed by atoms with Crippen molar-refractivity contribution in [3.63, 3.8) is 0 Å². The first-order valence-electron chi connectivity index (χ1n) is 7.02. The van der Waals surface area contributed by atoms with Gasteiger partial charge in [0.1, 0.15) is 6.33 Å². The second-order valence-corrected chi connectivity index (χ2v) is 4.94. The first kappa shape index (κ1) is 14.7. The van der Waals surface area contributed by atoms with Crippen LogP contribution in [-0.2, 0) is 17.8 Å². The van der Waals surface area contributed by atoms with Crippen LogP contribution in [0.15, 0.2) is 55.5 Å². The van der Waals surface area contributed by atoms with Crippen LogP contribution in [0.25, 0.3) is 5.78 Å². The SMILES string of the molecule is C=CN(Cc1ccccc1)C(=O)Cc1cc(O)n2ncnc2n1. The van der Waals surface area contributed by atoms with Crippen LogP contribution in [0.5, 0.6) is 5.88 Å². The Morgan fingerprint density at radius 1 is 1.35 bits per heavy atom. The Kier molecular flexibility index (Phi) is 4.01. The second-order valence-electron chi connectivity index (χ2n) is 4.94. The summed E-state index contributed by atoms with van der Waals surface area (Å²) in [5.41, 5.74) is 1.43. The minimum atomic E-state index is -0.167. The lowest BCUT2D eigenvalue weighted by atomic mass is 10.2. The second kappa shape index (κ2) is 6.27. The highest BCUT2D eigenvalue weighted by Gasteiger charge is 2.15. The topological polar surface area (TPSA) is 83.6 Å². The van der Waals surface area contributed by atoms with Gasteiger partial charge < -0.3 is 10.0 Å². The lowest BCUT2D eigenvalue weighted by molar-refractivity contribution is -0.128. The Labute approximate surface area is 132 Å². The van der Waals surface area contributed by atoms with E-state index in [1.165, 1.54) is 28.0 Å². The Morgan fingerprint density at radius 2 is 2.13 bits per heavy atom. The lowest BCUT2D eigenvalue weighted by Crippen LogP contribution is -2.27. The Hall–Kier alpha value is -3.22. The van der Waals surface area contributed by atoms with Crippen molar-refractivity contribution in [3.05, 3.63) is 66.8 Å².